The van der Waals surface area contributed by atoms with Crippen LogP contribution < -0.4 is 24.8 Å². The molecule has 5 rings (SSSR count). The summed E-state index contributed by atoms with van der Waals surface area (Å²) in [6.07, 6.45) is 6.74. The minimum Gasteiger partial charge on any atom is -0.493 e. The zero-order valence-electron chi connectivity index (χ0n) is 21.8. The molecule has 1 atom stereocenters. The van der Waals surface area contributed by atoms with E-state index >= 15 is 0 Å². The predicted octanol–water partition coefficient (Wildman–Crippen LogP) is 5.22. The van der Waals surface area contributed by atoms with E-state index in [1.54, 1.807) is 23.5 Å². The van der Waals surface area contributed by atoms with E-state index in [0.717, 1.165) is 48.4 Å². The molecule has 2 aliphatic carbocycles. The molecule has 0 amide bonds. The highest BCUT2D eigenvalue weighted by atomic mass is 32.1. The lowest BCUT2D eigenvalue weighted by atomic mass is 9.75. The minimum absolute atomic E-state index is 0.0214. The van der Waals surface area contributed by atoms with Crippen LogP contribution in [0.3, 0.4) is 0 Å². The number of allylic oxidation sites excluding steroid dienone is 3. The van der Waals surface area contributed by atoms with E-state index < -0.39 is 5.92 Å². The fourth-order valence-electron chi connectivity index (χ4n) is 5.92. The van der Waals surface area contributed by atoms with Gasteiger partial charge in [-0.2, -0.15) is 10.5 Å². The van der Waals surface area contributed by atoms with Crippen LogP contribution in [0.25, 0.3) is 0 Å². The van der Waals surface area contributed by atoms with Crippen LogP contribution in [0.15, 0.2) is 34.8 Å². The Balaban J connectivity index is 1.76. The van der Waals surface area contributed by atoms with Crippen LogP contribution in [0.1, 0.15) is 66.0 Å². The molecule has 1 aliphatic heterocycles. The number of ketones is 1. The van der Waals surface area contributed by atoms with E-state index in [0.29, 0.717) is 53.2 Å². The highest BCUT2D eigenvalue weighted by molar-refractivity contribution is 7.16. The first-order valence-corrected chi connectivity index (χ1v) is 13.6. The number of anilines is 1. The lowest BCUT2D eigenvalue weighted by Gasteiger charge is -2.39. The van der Waals surface area contributed by atoms with Gasteiger partial charge in [0.05, 0.1) is 44.5 Å². The van der Waals surface area contributed by atoms with Crippen molar-refractivity contribution in [3.8, 4) is 29.4 Å². The number of carbonyl (C=O) groups is 1. The maximum atomic E-state index is 13.6. The zero-order valence-corrected chi connectivity index (χ0v) is 22.7. The molecule has 0 fully saturated rings. The lowest BCUT2D eigenvalue weighted by molar-refractivity contribution is -0.116. The summed E-state index contributed by atoms with van der Waals surface area (Å²) in [6, 6.07) is 8.27. The SMILES string of the molecule is COc1cc([C@H]2C(C#N)=C(N)N(c3sc4c(c3C#N)CCCCC4)C3=C2C(=O)CCC3)cc(OC)c1OC. The third-order valence-electron chi connectivity index (χ3n) is 7.65. The van der Waals surface area contributed by atoms with Gasteiger partial charge in [0, 0.05) is 22.6 Å². The molecule has 0 unspecified atom stereocenters. The summed E-state index contributed by atoms with van der Waals surface area (Å²) in [5.41, 5.74) is 10.7. The Morgan fingerprint density at radius 1 is 0.947 bits per heavy atom. The van der Waals surface area contributed by atoms with E-state index in [-0.39, 0.29) is 17.2 Å². The van der Waals surface area contributed by atoms with Gasteiger partial charge in [-0.1, -0.05) is 6.42 Å². The molecular weight excluding hydrogens is 500 g/mol. The third-order valence-corrected chi connectivity index (χ3v) is 8.93. The first kappa shape index (κ1) is 25.7. The largest absolute Gasteiger partial charge is 0.493 e. The van der Waals surface area contributed by atoms with Crippen molar-refractivity contribution in [3.05, 3.63) is 56.4 Å². The topological polar surface area (TPSA) is 122 Å². The number of benzene rings is 1. The minimum atomic E-state index is -0.684. The van der Waals surface area contributed by atoms with E-state index in [2.05, 4.69) is 12.1 Å². The van der Waals surface area contributed by atoms with E-state index in [1.807, 2.05) is 4.90 Å². The number of carbonyl (C=O) groups excluding carboxylic acids is 1. The Morgan fingerprint density at radius 3 is 2.29 bits per heavy atom. The second kappa shape index (κ2) is 10.4. The molecule has 196 valence electrons. The first-order valence-electron chi connectivity index (χ1n) is 12.8. The number of nitriles is 2. The molecule has 0 spiro atoms. The van der Waals surface area contributed by atoms with Crippen LogP contribution in [0.5, 0.6) is 17.2 Å². The molecule has 0 saturated carbocycles. The van der Waals surface area contributed by atoms with Crippen LogP contribution in [0, 0.1) is 22.7 Å². The summed E-state index contributed by atoms with van der Waals surface area (Å²) in [5.74, 6) is 0.837. The fourth-order valence-corrected chi connectivity index (χ4v) is 7.30. The average Bonchev–Trinajstić information content (AvgIpc) is 3.11. The van der Waals surface area contributed by atoms with Crippen LogP contribution in [0.4, 0.5) is 5.00 Å². The number of nitrogens with two attached hydrogens (primary N) is 1. The van der Waals surface area contributed by atoms with Crippen LogP contribution >= 0.6 is 11.3 Å². The van der Waals surface area contributed by atoms with E-state index in [9.17, 15) is 15.3 Å². The highest BCUT2D eigenvalue weighted by Crippen LogP contribution is 2.51. The van der Waals surface area contributed by atoms with Crippen molar-refractivity contribution in [2.24, 2.45) is 5.73 Å². The number of thiophene rings is 1. The van der Waals surface area contributed by atoms with Crippen molar-refractivity contribution in [2.45, 2.75) is 57.3 Å². The van der Waals surface area contributed by atoms with Gasteiger partial charge in [-0.05, 0) is 61.8 Å². The van der Waals surface area contributed by atoms with Crippen molar-refractivity contribution in [3.63, 3.8) is 0 Å². The molecule has 3 aliphatic rings. The predicted molar refractivity (Wildman–Crippen MR) is 144 cm³/mol. The number of fused-ring (bicyclic) bond motifs is 1. The van der Waals surface area contributed by atoms with Crippen molar-refractivity contribution < 1.29 is 19.0 Å². The van der Waals surface area contributed by atoms with Crippen molar-refractivity contribution >= 4 is 22.1 Å². The van der Waals surface area contributed by atoms with Gasteiger partial charge < -0.3 is 19.9 Å². The molecular formula is C29H30N4O4S. The number of nitrogens with zero attached hydrogens (tertiary/aromatic N) is 3. The van der Waals surface area contributed by atoms with Gasteiger partial charge in [-0.25, -0.2) is 0 Å². The normalized spacial score (nSPS) is 19.2. The zero-order chi connectivity index (χ0) is 27.0. The van der Waals surface area contributed by atoms with Gasteiger partial charge in [0.2, 0.25) is 5.75 Å². The molecule has 1 aromatic heterocycles. The quantitative estimate of drug-likeness (QED) is 0.522. The van der Waals surface area contributed by atoms with Crippen molar-refractivity contribution in [1.29, 1.82) is 10.5 Å². The Morgan fingerprint density at radius 2 is 1.66 bits per heavy atom. The molecule has 1 aromatic carbocycles. The average molecular weight is 531 g/mol. The maximum Gasteiger partial charge on any atom is 0.203 e. The monoisotopic (exact) mass is 530 g/mol. The second-order valence-corrected chi connectivity index (χ2v) is 10.7. The number of aryl methyl sites for hydroxylation is 1. The molecule has 2 heterocycles. The van der Waals surface area contributed by atoms with Gasteiger partial charge >= 0.3 is 0 Å². The smallest absolute Gasteiger partial charge is 0.203 e. The van der Waals surface area contributed by atoms with E-state index in [4.69, 9.17) is 19.9 Å². The van der Waals surface area contributed by atoms with Crippen LogP contribution in [0.2, 0.25) is 0 Å². The molecule has 2 N–H and O–H groups in total. The fraction of sp³-hybridized carbons (Fsp3) is 0.414. The van der Waals surface area contributed by atoms with Gasteiger partial charge in [-0.3, -0.25) is 9.69 Å². The number of methoxy groups -OCH3 is 3. The Hall–Kier alpha value is -3.95. The third kappa shape index (κ3) is 3.99. The van der Waals surface area contributed by atoms with Gasteiger partial charge in [0.25, 0.3) is 0 Å². The van der Waals surface area contributed by atoms with Gasteiger partial charge in [-0.15, -0.1) is 11.3 Å². The number of rotatable bonds is 5. The second-order valence-electron chi connectivity index (χ2n) is 9.63. The number of Topliss-reactive ketones (excluding diaryl/α,β-unsaturated/α-hetero) is 1. The first-order chi connectivity index (χ1) is 18.5. The standard InChI is InChI=1S/C29H30N4O4S/c1-35-22-12-16(13-23(36-2)27(22)37-3)25-19(15-31)28(32)33(20-9-7-10-21(34)26(20)25)29-18(14-30)17-8-5-4-6-11-24(17)38-29/h12-13,25H,4-11,32H2,1-3H3/t25-/m0/s1. The lowest BCUT2D eigenvalue weighted by Crippen LogP contribution is -2.38. The summed E-state index contributed by atoms with van der Waals surface area (Å²) < 4.78 is 16.6. The molecule has 2 aromatic rings. The number of ether oxygens (including phenoxy) is 3. The highest BCUT2D eigenvalue weighted by Gasteiger charge is 2.42. The molecule has 38 heavy (non-hydrogen) atoms. The maximum absolute atomic E-state index is 13.6. The van der Waals surface area contributed by atoms with Gasteiger partial charge in [0.1, 0.15) is 16.9 Å². The van der Waals surface area contributed by atoms with E-state index in [1.165, 1.54) is 26.2 Å². The summed E-state index contributed by atoms with van der Waals surface area (Å²) >= 11 is 1.57. The Kier molecular flexibility index (Phi) is 7.05. The summed E-state index contributed by atoms with van der Waals surface area (Å²) in [6.45, 7) is 0. The molecule has 9 heteroatoms. The Labute approximate surface area is 226 Å². The van der Waals surface area contributed by atoms with Crippen molar-refractivity contribution in [2.75, 3.05) is 26.2 Å². The summed E-state index contributed by atoms with van der Waals surface area (Å²) in [7, 11) is 4.58. The number of hydrogen-bond acceptors (Lipinski definition) is 9. The molecule has 8 nitrogen and oxygen atoms in total. The van der Waals surface area contributed by atoms with Crippen molar-refractivity contribution in [1.82, 2.24) is 0 Å². The van der Waals surface area contributed by atoms with Gasteiger partial charge in [0.15, 0.2) is 17.3 Å². The summed E-state index contributed by atoms with van der Waals surface area (Å²) in [5, 5.41) is 21.4. The summed E-state index contributed by atoms with van der Waals surface area (Å²) in [4.78, 5) is 16.6. The molecule has 0 saturated heterocycles. The Bertz CT molecular complexity index is 1430. The van der Waals surface area contributed by atoms with Crippen LogP contribution in [-0.2, 0) is 17.6 Å². The van der Waals surface area contributed by atoms with Crippen LogP contribution in [-0.4, -0.2) is 27.1 Å². The molecule has 0 bridgehead atoms. The molecule has 0 radical (unpaired) electrons. The number of hydrogen-bond donors (Lipinski definition) is 1.